The van der Waals surface area contributed by atoms with E-state index >= 15 is 0 Å². The molecule has 18 heavy (non-hydrogen) atoms. The van der Waals surface area contributed by atoms with E-state index in [2.05, 4.69) is 40.6 Å². The largest absolute Gasteiger partial charge is 0.377 e. The van der Waals surface area contributed by atoms with Gasteiger partial charge in [-0.05, 0) is 36.6 Å². The number of hydrogen-bond donors (Lipinski definition) is 2. The Morgan fingerprint density at radius 2 is 1.94 bits per heavy atom. The minimum absolute atomic E-state index is 0.136. The molecular weight excluding hydrogens is 222 g/mol. The van der Waals surface area contributed by atoms with E-state index in [0.717, 1.165) is 17.8 Å². The first kappa shape index (κ1) is 11.2. The van der Waals surface area contributed by atoms with Crippen molar-refractivity contribution < 1.29 is 0 Å². The maximum atomic E-state index is 6.16. The van der Waals surface area contributed by atoms with Crippen molar-refractivity contribution in [3.05, 3.63) is 59.4 Å². The minimum Gasteiger partial charge on any atom is -0.377 e. The average molecular weight is 239 g/mol. The lowest BCUT2D eigenvalue weighted by Crippen LogP contribution is -2.10. The number of aryl methyl sites for hydroxylation is 1. The number of nitrogens with zero attached hydrogens (tertiary/aromatic N) is 1. The van der Waals surface area contributed by atoms with Gasteiger partial charge in [-0.3, -0.25) is 4.98 Å². The van der Waals surface area contributed by atoms with Crippen LogP contribution in [0.1, 0.15) is 35.3 Å². The second-order valence-corrected chi connectivity index (χ2v) is 4.86. The molecule has 3 nitrogen and oxygen atoms in total. The van der Waals surface area contributed by atoms with E-state index < -0.39 is 0 Å². The fourth-order valence-corrected chi connectivity index (χ4v) is 2.56. The Bertz CT molecular complexity index is 548. The number of pyridine rings is 1. The Kier molecular flexibility index (Phi) is 2.76. The van der Waals surface area contributed by atoms with Gasteiger partial charge in [-0.1, -0.05) is 24.3 Å². The molecule has 0 fully saturated rings. The van der Waals surface area contributed by atoms with Gasteiger partial charge in [-0.15, -0.1) is 0 Å². The Morgan fingerprint density at radius 3 is 2.67 bits per heavy atom. The van der Waals surface area contributed by atoms with Crippen LogP contribution >= 0.6 is 0 Å². The van der Waals surface area contributed by atoms with E-state index in [-0.39, 0.29) is 6.04 Å². The number of nitrogens with one attached hydrogen (secondary N) is 1. The van der Waals surface area contributed by atoms with Crippen LogP contribution in [0.15, 0.2) is 42.6 Å². The summed E-state index contributed by atoms with van der Waals surface area (Å²) >= 11 is 0. The average Bonchev–Trinajstić information content (AvgIpc) is 2.70. The third kappa shape index (κ3) is 1.97. The van der Waals surface area contributed by atoms with Crippen molar-refractivity contribution in [1.82, 2.24) is 4.98 Å². The topological polar surface area (TPSA) is 50.9 Å². The molecule has 0 amide bonds. The predicted octanol–water partition coefficient (Wildman–Crippen LogP) is 2.95. The van der Waals surface area contributed by atoms with E-state index in [1.165, 1.54) is 11.1 Å². The lowest BCUT2D eigenvalue weighted by atomic mass is 10.1. The molecule has 0 spiro atoms. The molecule has 1 aliphatic carbocycles. The second-order valence-electron chi connectivity index (χ2n) is 4.86. The van der Waals surface area contributed by atoms with Crippen molar-refractivity contribution in [3.8, 4) is 0 Å². The minimum atomic E-state index is 0.136. The normalized spacial score (nSPS) is 21.7. The summed E-state index contributed by atoms with van der Waals surface area (Å²) in [5.74, 6) is 0. The van der Waals surface area contributed by atoms with Gasteiger partial charge in [0.2, 0.25) is 0 Å². The maximum absolute atomic E-state index is 6.16. The first-order chi connectivity index (χ1) is 8.74. The SMILES string of the molecule is Cc1ccc(NC2CC(N)c3ccccc32)cn1. The summed E-state index contributed by atoms with van der Waals surface area (Å²) in [6.45, 7) is 1.99. The molecular formula is C15H17N3. The fraction of sp³-hybridized carbons (Fsp3) is 0.267. The molecule has 1 aromatic carbocycles. The Hall–Kier alpha value is -1.87. The van der Waals surface area contributed by atoms with Gasteiger partial charge >= 0.3 is 0 Å². The van der Waals surface area contributed by atoms with Gasteiger partial charge < -0.3 is 11.1 Å². The van der Waals surface area contributed by atoms with Crippen molar-refractivity contribution >= 4 is 5.69 Å². The van der Waals surface area contributed by atoms with Crippen molar-refractivity contribution in [1.29, 1.82) is 0 Å². The van der Waals surface area contributed by atoms with Gasteiger partial charge in [-0.2, -0.15) is 0 Å². The number of rotatable bonds is 2. The zero-order valence-corrected chi connectivity index (χ0v) is 10.4. The van der Waals surface area contributed by atoms with E-state index in [1.807, 2.05) is 19.2 Å². The highest BCUT2D eigenvalue weighted by atomic mass is 14.9. The second kappa shape index (κ2) is 4.42. The molecule has 2 atom stereocenters. The van der Waals surface area contributed by atoms with Crippen molar-refractivity contribution in [2.45, 2.75) is 25.4 Å². The highest BCUT2D eigenvalue weighted by Crippen LogP contribution is 2.38. The van der Waals surface area contributed by atoms with Crippen molar-refractivity contribution in [2.75, 3.05) is 5.32 Å². The molecule has 3 rings (SSSR count). The molecule has 1 heterocycles. The van der Waals surface area contributed by atoms with Crippen LogP contribution in [-0.4, -0.2) is 4.98 Å². The van der Waals surface area contributed by atoms with Crippen LogP contribution in [0.4, 0.5) is 5.69 Å². The van der Waals surface area contributed by atoms with E-state index in [4.69, 9.17) is 5.73 Å². The quantitative estimate of drug-likeness (QED) is 0.847. The lowest BCUT2D eigenvalue weighted by Gasteiger charge is -2.15. The van der Waals surface area contributed by atoms with Gasteiger partial charge in [0, 0.05) is 11.7 Å². The molecule has 2 aromatic rings. The van der Waals surface area contributed by atoms with Crippen LogP contribution in [0.2, 0.25) is 0 Å². The first-order valence-electron chi connectivity index (χ1n) is 6.27. The number of hydrogen-bond acceptors (Lipinski definition) is 3. The lowest BCUT2D eigenvalue weighted by molar-refractivity contribution is 0.648. The Morgan fingerprint density at radius 1 is 1.17 bits per heavy atom. The summed E-state index contributed by atoms with van der Waals surface area (Å²) < 4.78 is 0. The van der Waals surface area contributed by atoms with Crippen LogP contribution in [0, 0.1) is 6.92 Å². The summed E-state index contributed by atoms with van der Waals surface area (Å²) in [7, 11) is 0. The van der Waals surface area contributed by atoms with Gasteiger partial charge in [-0.25, -0.2) is 0 Å². The molecule has 0 aliphatic heterocycles. The summed E-state index contributed by atoms with van der Waals surface area (Å²) in [6, 6.07) is 12.9. The molecule has 0 saturated heterocycles. The van der Waals surface area contributed by atoms with E-state index in [1.54, 1.807) is 0 Å². The standard InChI is InChI=1S/C15H17N3/c1-10-6-7-11(9-17-10)18-15-8-14(16)12-4-2-3-5-13(12)15/h2-7,9,14-15,18H,8,16H2,1H3. The maximum Gasteiger partial charge on any atom is 0.0535 e. The summed E-state index contributed by atoms with van der Waals surface area (Å²) in [4.78, 5) is 4.30. The van der Waals surface area contributed by atoms with Gasteiger partial charge in [0.15, 0.2) is 0 Å². The molecule has 1 aliphatic rings. The Labute approximate surface area is 107 Å². The predicted molar refractivity (Wildman–Crippen MR) is 73.3 cm³/mol. The van der Waals surface area contributed by atoms with Gasteiger partial charge in [0.25, 0.3) is 0 Å². The molecule has 3 N–H and O–H groups in total. The molecule has 2 unspecified atom stereocenters. The number of nitrogens with two attached hydrogens (primary N) is 1. The van der Waals surface area contributed by atoms with Crippen molar-refractivity contribution in [2.24, 2.45) is 5.73 Å². The van der Waals surface area contributed by atoms with Gasteiger partial charge in [0.05, 0.1) is 17.9 Å². The van der Waals surface area contributed by atoms with Crippen LogP contribution in [-0.2, 0) is 0 Å². The van der Waals surface area contributed by atoms with Crippen LogP contribution in [0.3, 0.4) is 0 Å². The number of fused-ring (bicyclic) bond motifs is 1. The third-order valence-electron chi connectivity index (χ3n) is 3.51. The molecule has 0 radical (unpaired) electrons. The molecule has 92 valence electrons. The highest BCUT2D eigenvalue weighted by Gasteiger charge is 2.27. The molecule has 0 saturated carbocycles. The third-order valence-corrected chi connectivity index (χ3v) is 3.51. The zero-order valence-electron chi connectivity index (χ0n) is 10.4. The van der Waals surface area contributed by atoms with Gasteiger partial charge in [0.1, 0.15) is 0 Å². The van der Waals surface area contributed by atoms with Crippen molar-refractivity contribution in [3.63, 3.8) is 0 Å². The monoisotopic (exact) mass is 239 g/mol. The van der Waals surface area contributed by atoms with E-state index in [0.29, 0.717) is 6.04 Å². The zero-order chi connectivity index (χ0) is 12.5. The number of benzene rings is 1. The number of anilines is 1. The molecule has 0 bridgehead atoms. The molecule has 3 heteroatoms. The number of aromatic nitrogens is 1. The van der Waals surface area contributed by atoms with Crippen LogP contribution in [0.25, 0.3) is 0 Å². The summed E-state index contributed by atoms with van der Waals surface area (Å²) in [5, 5.41) is 3.51. The smallest absolute Gasteiger partial charge is 0.0535 e. The summed E-state index contributed by atoms with van der Waals surface area (Å²) in [6.07, 6.45) is 2.81. The highest BCUT2D eigenvalue weighted by molar-refractivity contribution is 5.48. The fourth-order valence-electron chi connectivity index (χ4n) is 2.56. The van der Waals surface area contributed by atoms with E-state index in [9.17, 15) is 0 Å². The van der Waals surface area contributed by atoms with Crippen LogP contribution in [0.5, 0.6) is 0 Å². The summed E-state index contributed by atoms with van der Waals surface area (Å²) in [5.41, 5.74) is 10.8. The first-order valence-corrected chi connectivity index (χ1v) is 6.27. The van der Waals surface area contributed by atoms with Crippen LogP contribution < -0.4 is 11.1 Å². The Balaban J connectivity index is 1.85. The molecule has 1 aromatic heterocycles.